The topological polar surface area (TPSA) is 76.5 Å². The summed E-state index contributed by atoms with van der Waals surface area (Å²) in [6, 6.07) is 7.99. The van der Waals surface area contributed by atoms with Gasteiger partial charge in [-0.2, -0.15) is 0 Å². The number of carbonyl (C=O) groups excluding carboxylic acids is 2. The van der Waals surface area contributed by atoms with Gasteiger partial charge in [0.15, 0.2) is 0 Å². The summed E-state index contributed by atoms with van der Waals surface area (Å²) in [5.74, 6) is -0.129. The van der Waals surface area contributed by atoms with E-state index >= 15 is 0 Å². The highest BCUT2D eigenvalue weighted by molar-refractivity contribution is 5.91. The summed E-state index contributed by atoms with van der Waals surface area (Å²) < 4.78 is 6.53. The molecule has 1 N–H and O–H groups in total. The first kappa shape index (κ1) is 18.0. The first-order chi connectivity index (χ1) is 12.5. The molecule has 1 unspecified atom stereocenters. The maximum Gasteiger partial charge on any atom is 0.356 e. The number of hydrogen-bond donors (Lipinski definition) is 1. The molecule has 0 spiro atoms. The zero-order chi connectivity index (χ0) is 18.7. The first-order valence-corrected chi connectivity index (χ1v) is 8.85. The maximum absolute atomic E-state index is 12.8. The number of anilines is 1. The molecule has 138 valence electrons. The lowest BCUT2D eigenvalue weighted by molar-refractivity contribution is 0.0515. The molecule has 2 amide bonds. The van der Waals surface area contributed by atoms with Crippen molar-refractivity contribution in [1.29, 1.82) is 0 Å². The molecule has 1 aromatic carbocycles. The number of urea groups is 1. The SMILES string of the molecule is CCOC(=O)c1cnc(NC(=O)N2CCCC2c2ccccc2C)n1C. The summed E-state index contributed by atoms with van der Waals surface area (Å²) in [6.45, 7) is 4.79. The van der Waals surface area contributed by atoms with E-state index in [9.17, 15) is 9.59 Å². The molecule has 1 aromatic heterocycles. The number of nitrogens with zero attached hydrogens (tertiary/aromatic N) is 3. The molecule has 1 fully saturated rings. The Bertz CT molecular complexity index is 815. The Kier molecular flexibility index (Phi) is 5.25. The van der Waals surface area contributed by atoms with Crippen LogP contribution in [-0.2, 0) is 11.8 Å². The number of benzene rings is 1. The van der Waals surface area contributed by atoms with Gasteiger partial charge in [-0.1, -0.05) is 24.3 Å². The highest BCUT2D eigenvalue weighted by Gasteiger charge is 2.31. The van der Waals surface area contributed by atoms with Crippen LogP contribution in [0.1, 0.15) is 47.4 Å². The van der Waals surface area contributed by atoms with Crippen LogP contribution < -0.4 is 5.32 Å². The van der Waals surface area contributed by atoms with Crippen molar-refractivity contribution in [1.82, 2.24) is 14.5 Å². The molecular weight excluding hydrogens is 332 g/mol. The lowest BCUT2D eigenvalue weighted by atomic mass is 9.99. The number of imidazole rings is 1. The first-order valence-electron chi connectivity index (χ1n) is 8.85. The number of amides is 2. The van der Waals surface area contributed by atoms with Gasteiger partial charge in [0.2, 0.25) is 5.95 Å². The zero-order valence-electron chi connectivity index (χ0n) is 15.4. The van der Waals surface area contributed by atoms with E-state index in [1.807, 2.05) is 17.0 Å². The van der Waals surface area contributed by atoms with Gasteiger partial charge in [0, 0.05) is 13.6 Å². The molecule has 0 aliphatic carbocycles. The van der Waals surface area contributed by atoms with E-state index in [0.29, 0.717) is 18.2 Å². The van der Waals surface area contributed by atoms with Crippen molar-refractivity contribution in [2.75, 3.05) is 18.5 Å². The van der Waals surface area contributed by atoms with Crippen molar-refractivity contribution < 1.29 is 14.3 Å². The third-order valence-electron chi connectivity index (χ3n) is 4.75. The summed E-state index contributed by atoms with van der Waals surface area (Å²) >= 11 is 0. The number of rotatable bonds is 4. The van der Waals surface area contributed by atoms with Gasteiger partial charge in [0.05, 0.1) is 18.8 Å². The number of aryl methyl sites for hydroxylation is 1. The number of likely N-dealkylation sites (tertiary alicyclic amines) is 1. The van der Waals surface area contributed by atoms with Gasteiger partial charge in [-0.25, -0.2) is 14.6 Å². The predicted molar refractivity (Wildman–Crippen MR) is 98.0 cm³/mol. The van der Waals surface area contributed by atoms with E-state index in [1.54, 1.807) is 14.0 Å². The largest absolute Gasteiger partial charge is 0.461 e. The highest BCUT2D eigenvalue weighted by atomic mass is 16.5. The van der Waals surface area contributed by atoms with Gasteiger partial charge in [0.25, 0.3) is 0 Å². The molecule has 7 nitrogen and oxygen atoms in total. The highest BCUT2D eigenvalue weighted by Crippen LogP contribution is 2.33. The van der Waals surface area contributed by atoms with Crippen LogP contribution in [0, 0.1) is 6.92 Å². The van der Waals surface area contributed by atoms with Crippen molar-refractivity contribution in [3.8, 4) is 0 Å². The molecule has 2 heterocycles. The molecule has 1 atom stereocenters. The van der Waals surface area contributed by atoms with Crippen LogP contribution in [-0.4, -0.2) is 39.6 Å². The van der Waals surface area contributed by atoms with Gasteiger partial charge in [0.1, 0.15) is 5.69 Å². The number of aromatic nitrogens is 2. The van der Waals surface area contributed by atoms with E-state index in [-0.39, 0.29) is 18.7 Å². The van der Waals surface area contributed by atoms with Crippen molar-refractivity contribution >= 4 is 17.9 Å². The molecule has 1 saturated heterocycles. The Morgan fingerprint density at radius 2 is 2.12 bits per heavy atom. The summed E-state index contributed by atoms with van der Waals surface area (Å²) in [4.78, 5) is 30.7. The van der Waals surface area contributed by atoms with E-state index in [0.717, 1.165) is 12.8 Å². The minimum absolute atomic E-state index is 0.0565. The maximum atomic E-state index is 12.8. The van der Waals surface area contributed by atoms with Crippen LogP contribution in [0.25, 0.3) is 0 Å². The van der Waals surface area contributed by atoms with Crippen LogP contribution in [0.5, 0.6) is 0 Å². The Hall–Kier alpha value is -2.83. The van der Waals surface area contributed by atoms with E-state index in [4.69, 9.17) is 4.74 Å². The predicted octanol–water partition coefficient (Wildman–Crippen LogP) is 3.27. The van der Waals surface area contributed by atoms with Gasteiger partial charge >= 0.3 is 12.0 Å². The monoisotopic (exact) mass is 356 g/mol. The molecule has 7 heteroatoms. The van der Waals surface area contributed by atoms with Crippen LogP contribution in [0.15, 0.2) is 30.5 Å². The van der Waals surface area contributed by atoms with Gasteiger partial charge < -0.3 is 14.2 Å². The van der Waals surface area contributed by atoms with Gasteiger partial charge in [-0.3, -0.25) is 5.32 Å². The molecule has 0 saturated carbocycles. The molecular formula is C19H24N4O3. The minimum Gasteiger partial charge on any atom is -0.461 e. The molecule has 26 heavy (non-hydrogen) atoms. The second kappa shape index (κ2) is 7.59. The third-order valence-corrected chi connectivity index (χ3v) is 4.75. The molecule has 2 aromatic rings. The van der Waals surface area contributed by atoms with Crippen molar-refractivity contribution in [3.05, 3.63) is 47.3 Å². The standard InChI is InChI=1S/C19H24N4O3/c1-4-26-17(24)16-12-20-18(22(16)3)21-19(25)23-11-7-10-15(23)14-9-6-5-8-13(14)2/h5-6,8-9,12,15H,4,7,10-11H2,1-3H3,(H,20,21,25). The number of carbonyl (C=O) groups is 2. The smallest absolute Gasteiger partial charge is 0.356 e. The lowest BCUT2D eigenvalue weighted by Gasteiger charge is -2.26. The fourth-order valence-electron chi connectivity index (χ4n) is 3.38. The fraction of sp³-hybridized carbons (Fsp3) is 0.421. The second-order valence-corrected chi connectivity index (χ2v) is 6.38. The van der Waals surface area contributed by atoms with E-state index in [2.05, 4.69) is 29.4 Å². The lowest BCUT2D eigenvalue weighted by Crippen LogP contribution is -2.35. The van der Waals surface area contributed by atoms with Crippen molar-refractivity contribution in [3.63, 3.8) is 0 Å². The Balaban J connectivity index is 1.76. The van der Waals surface area contributed by atoms with Crippen molar-refractivity contribution in [2.45, 2.75) is 32.7 Å². The van der Waals surface area contributed by atoms with Crippen LogP contribution >= 0.6 is 0 Å². The average molecular weight is 356 g/mol. The van der Waals surface area contributed by atoms with Crippen molar-refractivity contribution in [2.24, 2.45) is 7.05 Å². The number of esters is 1. The van der Waals surface area contributed by atoms with Gasteiger partial charge in [-0.15, -0.1) is 0 Å². The average Bonchev–Trinajstić information content (AvgIpc) is 3.23. The van der Waals surface area contributed by atoms with Crippen LogP contribution in [0.3, 0.4) is 0 Å². The Morgan fingerprint density at radius 1 is 1.35 bits per heavy atom. The Labute approximate surface area is 153 Å². The number of nitrogens with one attached hydrogen (secondary N) is 1. The quantitative estimate of drug-likeness (QED) is 0.853. The third kappa shape index (κ3) is 3.42. The summed E-state index contributed by atoms with van der Waals surface area (Å²) in [7, 11) is 1.68. The second-order valence-electron chi connectivity index (χ2n) is 6.38. The molecule has 1 aliphatic heterocycles. The summed E-state index contributed by atoms with van der Waals surface area (Å²) in [6.07, 6.45) is 3.31. The van der Waals surface area contributed by atoms with Crippen LogP contribution in [0.2, 0.25) is 0 Å². The number of hydrogen-bond acceptors (Lipinski definition) is 4. The van der Waals surface area contributed by atoms with E-state index in [1.165, 1.54) is 21.9 Å². The summed E-state index contributed by atoms with van der Waals surface area (Å²) in [5.41, 5.74) is 2.66. The Morgan fingerprint density at radius 3 is 2.85 bits per heavy atom. The molecule has 0 bridgehead atoms. The van der Waals surface area contributed by atoms with Gasteiger partial charge in [-0.05, 0) is 37.8 Å². The molecule has 3 rings (SSSR count). The normalized spacial score (nSPS) is 16.6. The zero-order valence-corrected chi connectivity index (χ0v) is 15.4. The van der Waals surface area contributed by atoms with Crippen LogP contribution in [0.4, 0.5) is 10.7 Å². The minimum atomic E-state index is -0.457. The summed E-state index contributed by atoms with van der Waals surface area (Å²) in [5, 5.41) is 2.82. The molecule has 1 aliphatic rings. The molecule has 0 radical (unpaired) electrons. The fourth-order valence-corrected chi connectivity index (χ4v) is 3.38. The van der Waals surface area contributed by atoms with E-state index < -0.39 is 5.97 Å². The number of ether oxygens (including phenoxy) is 1.